The maximum absolute atomic E-state index is 12.8. The molecule has 1 amide bonds. The molecule has 0 aliphatic carbocycles. The van der Waals surface area contributed by atoms with E-state index < -0.39 is 46.9 Å². The van der Waals surface area contributed by atoms with E-state index in [2.05, 4.69) is 10.6 Å². The summed E-state index contributed by atoms with van der Waals surface area (Å²) in [6.45, 7) is 1.93. The molecule has 0 saturated carbocycles. The summed E-state index contributed by atoms with van der Waals surface area (Å²) in [4.78, 5) is 45.5. The molecule has 1 atom stereocenters. The lowest BCUT2D eigenvalue weighted by atomic mass is 10.1. The largest absolute Gasteiger partial charge is 0.454 e. The first-order chi connectivity index (χ1) is 14.9. The van der Waals surface area contributed by atoms with Gasteiger partial charge in [0.25, 0.3) is 11.6 Å². The highest BCUT2D eigenvalue weighted by molar-refractivity contribution is 5.97. The van der Waals surface area contributed by atoms with Crippen LogP contribution < -0.4 is 10.6 Å². The lowest BCUT2D eigenvalue weighted by Gasteiger charge is -2.15. The van der Waals surface area contributed by atoms with Crippen molar-refractivity contribution >= 4 is 34.7 Å². The van der Waals surface area contributed by atoms with Gasteiger partial charge < -0.3 is 15.4 Å². The van der Waals surface area contributed by atoms with E-state index in [0.29, 0.717) is 23.4 Å². The number of carbonyl (C=O) groups excluding carboxylic acids is 3. The van der Waals surface area contributed by atoms with E-state index in [0.717, 1.165) is 6.07 Å². The number of ketones is 1. The van der Waals surface area contributed by atoms with Gasteiger partial charge in [-0.2, -0.15) is 13.2 Å². The highest BCUT2D eigenvalue weighted by Gasteiger charge is 2.33. The topological polar surface area (TPSA) is 128 Å². The fourth-order valence-electron chi connectivity index (χ4n) is 2.55. The number of nitro groups is 1. The van der Waals surface area contributed by atoms with Crippen LogP contribution in [0.1, 0.15) is 29.8 Å². The predicted octanol–water partition coefficient (Wildman–Crippen LogP) is 3.80. The molecule has 32 heavy (non-hydrogen) atoms. The number of nitrogens with one attached hydrogen (secondary N) is 2. The van der Waals surface area contributed by atoms with E-state index in [9.17, 15) is 37.7 Å². The molecule has 2 aromatic rings. The summed E-state index contributed by atoms with van der Waals surface area (Å²) >= 11 is 0. The smallest absolute Gasteiger partial charge is 0.416 e. The number of benzene rings is 2. The third-order valence-electron chi connectivity index (χ3n) is 4.15. The van der Waals surface area contributed by atoms with E-state index in [1.165, 1.54) is 26.0 Å². The van der Waals surface area contributed by atoms with Crippen molar-refractivity contribution in [2.24, 2.45) is 0 Å². The van der Waals surface area contributed by atoms with Crippen molar-refractivity contribution < 1.29 is 37.2 Å². The summed E-state index contributed by atoms with van der Waals surface area (Å²) in [5.41, 5.74) is -1.72. The summed E-state index contributed by atoms with van der Waals surface area (Å²) < 4.78 is 43.2. The van der Waals surface area contributed by atoms with Crippen molar-refractivity contribution in [3.05, 3.63) is 63.7 Å². The van der Waals surface area contributed by atoms with Crippen LogP contribution in [0.2, 0.25) is 0 Å². The van der Waals surface area contributed by atoms with Crippen molar-refractivity contribution in [3.8, 4) is 0 Å². The Morgan fingerprint density at radius 1 is 1.16 bits per heavy atom. The number of amides is 1. The minimum Gasteiger partial charge on any atom is -0.454 e. The minimum absolute atomic E-state index is 0.204. The SMILES string of the molecule is CC(=O)c1cccc(NC(=O)COC(=O)[C@@H](C)Nc2ccc(C(F)(F)F)cc2[N+](=O)[O-])c1. The van der Waals surface area contributed by atoms with Crippen LogP contribution in [-0.2, 0) is 20.5 Å². The summed E-state index contributed by atoms with van der Waals surface area (Å²) in [6, 6.07) is 6.70. The number of esters is 1. The van der Waals surface area contributed by atoms with Gasteiger partial charge >= 0.3 is 12.1 Å². The van der Waals surface area contributed by atoms with Crippen LogP contribution in [0.25, 0.3) is 0 Å². The Bertz CT molecular complexity index is 1060. The monoisotopic (exact) mass is 453 g/mol. The van der Waals surface area contributed by atoms with Crippen LogP contribution in [0.4, 0.5) is 30.2 Å². The maximum Gasteiger partial charge on any atom is 0.416 e. The number of carbonyl (C=O) groups is 3. The molecule has 0 fully saturated rings. The molecule has 0 aliphatic rings. The fourth-order valence-corrected chi connectivity index (χ4v) is 2.55. The normalized spacial score (nSPS) is 11.9. The van der Waals surface area contributed by atoms with Gasteiger partial charge in [-0.05, 0) is 38.1 Å². The van der Waals surface area contributed by atoms with Gasteiger partial charge in [-0.3, -0.25) is 19.7 Å². The Kier molecular flexibility index (Phi) is 7.52. The van der Waals surface area contributed by atoms with Crippen LogP contribution in [0.15, 0.2) is 42.5 Å². The summed E-state index contributed by atoms with van der Waals surface area (Å²) in [7, 11) is 0. The highest BCUT2D eigenvalue weighted by Crippen LogP contribution is 2.35. The number of nitro benzene ring substituents is 1. The molecule has 170 valence electrons. The second-order valence-electron chi connectivity index (χ2n) is 6.65. The van der Waals surface area contributed by atoms with Crippen LogP contribution in [0.5, 0.6) is 0 Å². The van der Waals surface area contributed by atoms with Crippen LogP contribution in [0.3, 0.4) is 0 Å². The molecule has 9 nitrogen and oxygen atoms in total. The summed E-state index contributed by atoms with van der Waals surface area (Å²) in [6.07, 6.45) is -4.77. The fraction of sp³-hybridized carbons (Fsp3) is 0.250. The van der Waals surface area contributed by atoms with Gasteiger partial charge in [-0.25, -0.2) is 4.79 Å². The first-order valence-electron chi connectivity index (χ1n) is 9.08. The number of alkyl halides is 3. The third-order valence-corrected chi connectivity index (χ3v) is 4.15. The standard InChI is InChI=1S/C20H18F3N3O6/c1-11(24-16-7-6-14(20(21,22)23)9-17(16)26(30)31)19(29)32-10-18(28)25-15-5-3-4-13(8-15)12(2)27/h3-9,11,24H,10H2,1-2H3,(H,25,28)/t11-/m1/s1. The van der Waals surface area contributed by atoms with Gasteiger partial charge in [0.2, 0.25) is 0 Å². The number of rotatable bonds is 8. The van der Waals surface area contributed by atoms with Crippen molar-refractivity contribution in [2.45, 2.75) is 26.1 Å². The molecule has 2 rings (SSSR count). The number of hydrogen-bond donors (Lipinski definition) is 2. The average molecular weight is 453 g/mol. The Hall–Kier alpha value is -3.96. The van der Waals surface area contributed by atoms with E-state index in [4.69, 9.17) is 4.74 Å². The molecule has 0 radical (unpaired) electrons. The number of nitrogens with zero attached hydrogens (tertiary/aromatic N) is 1. The second kappa shape index (κ2) is 9.90. The average Bonchev–Trinajstić information content (AvgIpc) is 2.71. The molecule has 0 aliphatic heterocycles. The van der Waals surface area contributed by atoms with Gasteiger partial charge in [0.15, 0.2) is 12.4 Å². The molecular weight excluding hydrogens is 435 g/mol. The maximum atomic E-state index is 12.8. The van der Waals surface area contributed by atoms with Crippen LogP contribution in [0, 0.1) is 10.1 Å². The minimum atomic E-state index is -4.77. The number of anilines is 2. The lowest BCUT2D eigenvalue weighted by molar-refractivity contribution is -0.384. The molecular formula is C20H18F3N3O6. The van der Waals surface area contributed by atoms with Crippen LogP contribution >= 0.6 is 0 Å². The number of halogens is 3. The molecule has 0 unspecified atom stereocenters. The molecule has 12 heteroatoms. The Labute approximate surface area is 179 Å². The van der Waals surface area contributed by atoms with Gasteiger partial charge in [0.1, 0.15) is 11.7 Å². The Morgan fingerprint density at radius 2 is 1.84 bits per heavy atom. The zero-order valence-corrected chi connectivity index (χ0v) is 16.9. The van der Waals surface area contributed by atoms with Gasteiger partial charge in [0.05, 0.1) is 10.5 Å². The zero-order chi connectivity index (χ0) is 24.1. The summed E-state index contributed by atoms with van der Waals surface area (Å²) in [5, 5.41) is 16.0. The van der Waals surface area contributed by atoms with Gasteiger partial charge in [-0.15, -0.1) is 0 Å². The molecule has 0 bridgehead atoms. The van der Waals surface area contributed by atoms with Gasteiger partial charge in [-0.1, -0.05) is 12.1 Å². The van der Waals surface area contributed by atoms with Crippen molar-refractivity contribution in [3.63, 3.8) is 0 Å². The molecule has 0 spiro atoms. The van der Waals surface area contributed by atoms with Crippen molar-refractivity contribution in [1.29, 1.82) is 0 Å². The van der Waals surface area contributed by atoms with Crippen molar-refractivity contribution in [2.75, 3.05) is 17.2 Å². The molecule has 2 aromatic carbocycles. The quantitative estimate of drug-likeness (QED) is 0.269. The Balaban J connectivity index is 1.98. The van der Waals surface area contributed by atoms with E-state index in [-0.39, 0.29) is 11.5 Å². The zero-order valence-electron chi connectivity index (χ0n) is 16.9. The van der Waals surface area contributed by atoms with E-state index >= 15 is 0 Å². The molecule has 0 saturated heterocycles. The number of ether oxygens (including phenoxy) is 1. The summed E-state index contributed by atoms with van der Waals surface area (Å²) in [5.74, 6) is -1.87. The molecule has 2 N–H and O–H groups in total. The van der Waals surface area contributed by atoms with E-state index in [1.807, 2.05) is 0 Å². The number of hydrogen-bond acceptors (Lipinski definition) is 7. The first kappa shape index (κ1) is 24.3. The first-order valence-corrected chi connectivity index (χ1v) is 9.08. The second-order valence-corrected chi connectivity index (χ2v) is 6.65. The molecule has 0 heterocycles. The van der Waals surface area contributed by atoms with Gasteiger partial charge in [0, 0.05) is 17.3 Å². The van der Waals surface area contributed by atoms with Crippen molar-refractivity contribution in [1.82, 2.24) is 0 Å². The lowest BCUT2D eigenvalue weighted by Crippen LogP contribution is -2.31. The molecule has 0 aromatic heterocycles. The third kappa shape index (κ3) is 6.52. The van der Waals surface area contributed by atoms with Crippen LogP contribution in [-0.4, -0.2) is 35.2 Å². The number of Topliss-reactive ketones (excluding diaryl/α,β-unsaturated/α-hetero) is 1. The Morgan fingerprint density at radius 3 is 2.44 bits per heavy atom. The predicted molar refractivity (Wildman–Crippen MR) is 107 cm³/mol. The van der Waals surface area contributed by atoms with E-state index in [1.54, 1.807) is 12.1 Å². The highest BCUT2D eigenvalue weighted by atomic mass is 19.4.